The summed E-state index contributed by atoms with van der Waals surface area (Å²) >= 11 is 0. The van der Waals surface area contributed by atoms with Gasteiger partial charge in [0.1, 0.15) is 0 Å². The number of nitrogens with two attached hydrogens (primary N) is 1. The summed E-state index contributed by atoms with van der Waals surface area (Å²) < 4.78 is 0. The fourth-order valence-electron chi connectivity index (χ4n) is 1.69. The summed E-state index contributed by atoms with van der Waals surface area (Å²) in [4.78, 5) is 4.64. The maximum Gasteiger partial charge on any atom is 0.0638 e. The Morgan fingerprint density at radius 2 is 1.92 bits per heavy atom. The smallest absolute Gasteiger partial charge is 0.0638 e. The van der Waals surface area contributed by atoms with E-state index in [2.05, 4.69) is 29.2 Å². The standard InChI is InChI=1S/C8H20N4/c1-11-6-10-7-12(2)8(11)4-3-5-9/h8,10H,3-7,9H2,1-2H3. The van der Waals surface area contributed by atoms with E-state index in [1.807, 2.05) is 0 Å². The summed E-state index contributed by atoms with van der Waals surface area (Å²) in [6, 6.07) is 0. The quantitative estimate of drug-likeness (QED) is 0.598. The minimum absolute atomic E-state index is 0.565. The van der Waals surface area contributed by atoms with Crippen LogP contribution in [0.5, 0.6) is 0 Å². The van der Waals surface area contributed by atoms with E-state index in [0.717, 1.165) is 26.3 Å². The van der Waals surface area contributed by atoms with Crippen LogP contribution in [-0.4, -0.2) is 49.9 Å². The second-order valence-corrected chi connectivity index (χ2v) is 3.49. The lowest BCUT2D eigenvalue weighted by Crippen LogP contribution is -2.56. The molecule has 0 radical (unpaired) electrons. The summed E-state index contributed by atoms with van der Waals surface area (Å²) in [5, 5.41) is 3.31. The topological polar surface area (TPSA) is 44.5 Å². The molecule has 3 N–H and O–H groups in total. The molecule has 0 aromatic carbocycles. The minimum Gasteiger partial charge on any atom is -0.330 e. The molecule has 0 aromatic rings. The van der Waals surface area contributed by atoms with Gasteiger partial charge in [0.05, 0.1) is 19.5 Å². The van der Waals surface area contributed by atoms with Crippen molar-refractivity contribution in [3.63, 3.8) is 0 Å². The molecule has 1 aliphatic heterocycles. The molecule has 1 rings (SSSR count). The SMILES string of the molecule is CN1CNCN(C)C1CCCN. The van der Waals surface area contributed by atoms with E-state index in [1.54, 1.807) is 0 Å². The first-order chi connectivity index (χ1) is 5.75. The van der Waals surface area contributed by atoms with E-state index in [0.29, 0.717) is 6.17 Å². The van der Waals surface area contributed by atoms with Crippen LogP contribution in [0, 0.1) is 0 Å². The normalized spacial score (nSPS) is 23.2. The Labute approximate surface area is 74.7 Å². The Morgan fingerprint density at radius 3 is 2.42 bits per heavy atom. The van der Waals surface area contributed by atoms with Crippen molar-refractivity contribution < 1.29 is 0 Å². The third kappa shape index (κ3) is 2.42. The highest BCUT2D eigenvalue weighted by Gasteiger charge is 2.22. The molecule has 0 unspecified atom stereocenters. The van der Waals surface area contributed by atoms with Crippen molar-refractivity contribution >= 4 is 0 Å². The Morgan fingerprint density at radius 1 is 1.33 bits per heavy atom. The predicted octanol–water partition coefficient (Wildman–Crippen LogP) is -0.567. The predicted molar refractivity (Wildman–Crippen MR) is 50.5 cm³/mol. The highest BCUT2D eigenvalue weighted by molar-refractivity contribution is 4.71. The van der Waals surface area contributed by atoms with Crippen molar-refractivity contribution in [1.82, 2.24) is 15.1 Å². The summed E-state index contributed by atoms with van der Waals surface area (Å²) in [6.07, 6.45) is 2.85. The summed E-state index contributed by atoms with van der Waals surface area (Å²) in [5.41, 5.74) is 5.48. The van der Waals surface area contributed by atoms with Gasteiger partial charge in [-0.15, -0.1) is 0 Å². The van der Waals surface area contributed by atoms with Gasteiger partial charge in [0, 0.05) is 0 Å². The molecule has 1 saturated heterocycles. The van der Waals surface area contributed by atoms with Crippen molar-refractivity contribution in [2.45, 2.75) is 19.0 Å². The fraction of sp³-hybridized carbons (Fsp3) is 1.00. The molecule has 0 spiro atoms. The van der Waals surface area contributed by atoms with Gasteiger partial charge >= 0.3 is 0 Å². The van der Waals surface area contributed by atoms with Crippen molar-refractivity contribution in [3.05, 3.63) is 0 Å². The van der Waals surface area contributed by atoms with Crippen LogP contribution in [0.4, 0.5) is 0 Å². The molecular weight excluding hydrogens is 152 g/mol. The van der Waals surface area contributed by atoms with E-state index >= 15 is 0 Å². The average molecular weight is 172 g/mol. The largest absolute Gasteiger partial charge is 0.330 e. The van der Waals surface area contributed by atoms with Crippen LogP contribution in [0.2, 0.25) is 0 Å². The van der Waals surface area contributed by atoms with E-state index in [-0.39, 0.29) is 0 Å². The monoisotopic (exact) mass is 172 g/mol. The highest BCUT2D eigenvalue weighted by atomic mass is 15.4. The van der Waals surface area contributed by atoms with Crippen LogP contribution in [0.25, 0.3) is 0 Å². The Balaban J connectivity index is 2.34. The maximum atomic E-state index is 5.48. The van der Waals surface area contributed by atoms with Gasteiger partial charge in [-0.05, 0) is 33.5 Å². The van der Waals surface area contributed by atoms with Crippen LogP contribution >= 0.6 is 0 Å². The van der Waals surface area contributed by atoms with Gasteiger partial charge in [-0.25, -0.2) is 0 Å². The van der Waals surface area contributed by atoms with Gasteiger partial charge in [0.2, 0.25) is 0 Å². The molecule has 0 aliphatic carbocycles. The Kier molecular flexibility index (Phi) is 3.94. The van der Waals surface area contributed by atoms with E-state index in [4.69, 9.17) is 5.73 Å². The second kappa shape index (κ2) is 4.77. The lowest BCUT2D eigenvalue weighted by molar-refractivity contribution is 0.0182. The van der Waals surface area contributed by atoms with Crippen LogP contribution in [0.1, 0.15) is 12.8 Å². The molecule has 4 heteroatoms. The summed E-state index contributed by atoms with van der Waals surface area (Å²) in [6.45, 7) is 2.77. The summed E-state index contributed by atoms with van der Waals surface area (Å²) in [7, 11) is 4.29. The lowest BCUT2D eigenvalue weighted by atomic mass is 10.2. The molecular formula is C8H20N4. The zero-order chi connectivity index (χ0) is 8.97. The van der Waals surface area contributed by atoms with Crippen LogP contribution < -0.4 is 11.1 Å². The molecule has 0 amide bonds. The van der Waals surface area contributed by atoms with Gasteiger partial charge in [-0.1, -0.05) is 0 Å². The molecule has 72 valence electrons. The third-order valence-electron chi connectivity index (χ3n) is 2.41. The van der Waals surface area contributed by atoms with Crippen molar-refractivity contribution in [3.8, 4) is 0 Å². The van der Waals surface area contributed by atoms with Crippen LogP contribution in [0.3, 0.4) is 0 Å². The summed E-state index contributed by atoms with van der Waals surface area (Å²) in [5.74, 6) is 0. The number of nitrogens with one attached hydrogen (secondary N) is 1. The van der Waals surface area contributed by atoms with Gasteiger partial charge in [0.15, 0.2) is 0 Å². The first-order valence-electron chi connectivity index (χ1n) is 4.57. The van der Waals surface area contributed by atoms with Crippen LogP contribution in [0.15, 0.2) is 0 Å². The minimum atomic E-state index is 0.565. The van der Waals surface area contributed by atoms with Gasteiger partial charge < -0.3 is 5.73 Å². The second-order valence-electron chi connectivity index (χ2n) is 3.49. The van der Waals surface area contributed by atoms with E-state index in [9.17, 15) is 0 Å². The number of hydrogen-bond acceptors (Lipinski definition) is 4. The molecule has 1 aliphatic rings. The Hall–Kier alpha value is -0.160. The zero-order valence-electron chi connectivity index (χ0n) is 8.08. The number of rotatable bonds is 3. The zero-order valence-corrected chi connectivity index (χ0v) is 8.08. The third-order valence-corrected chi connectivity index (χ3v) is 2.41. The fourth-order valence-corrected chi connectivity index (χ4v) is 1.69. The first-order valence-corrected chi connectivity index (χ1v) is 4.57. The molecule has 0 saturated carbocycles. The van der Waals surface area contributed by atoms with E-state index in [1.165, 1.54) is 6.42 Å². The van der Waals surface area contributed by atoms with Crippen LogP contribution in [-0.2, 0) is 0 Å². The van der Waals surface area contributed by atoms with Crippen molar-refractivity contribution in [2.24, 2.45) is 5.73 Å². The highest BCUT2D eigenvalue weighted by Crippen LogP contribution is 2.10. The molecule has 4 nitrogen and oxygen atoms in total. The Bertz CT molecular complexity index is 118. The molecule has 0 aromatic heterocycles. The van der Waals surface area contributed by atoms with Gasteiger partial charge in [-0.3, -0.25) is 15.1 Å². The molecule has 0 atom stereocenters. The van der Waals surface area contributed by atoms with Gasteiger partial charge in [-0.2, -0.15) is 0 Å². The van der Waals surface area contributed by atoms with Gasteiger partial charge in [0.25, 0.3) is 0 Å². The molecule has 0 bridgehead atoms. The molecule has 1 fully saturated rings. The first kappa shape index (κ1) is 9.92. The molecule has 12 heavy (non-hydrogen) atoms. The van der Waals surface area contributed by atoms with E-state index < -0.39 is 0 Å². The lowest BCUT2D eigenvalue weighted by Gasteiger charge is -2.40. The molecule has 1 heterocycles. The maximum absolute atomic E-state index is 5.48. The number of hydrogen-bond donors (Lipinski definition) is 2. The number of nitrogens with zero attached hydrogens (tertiary/aromatic N) is 2. The average Bonchev–Trinajstić information content (AvgIpc) is 2.04. The van der Waals surface area contributed by atoms with Crippen molar-refractivity contribution in [2.75, 3.05) is 34.0 Å². The van der Waals surface area contributed by atoms with Crippen molar-refractivity contribution in [1.29, 1.82) is 0 Å².